The fraction of sp³-hybridized carbons (Fsp3) is 0.267. The topological polar surface area (TPSA) is 59.8 Å². The highest BCUT2D eigenvalue weighted by atomic mass is 16.1. The van der Waals surface area contributed by atoms with Gasteiger partial charge in [-0.15, -0.1) is 0 Å². The van der Waals surface area contributed by atoms with Gasteiger partial charge >= 0.3 is 0 Å². The molecular weight excluding hydrogens is 252 g/mol. The minimum absolute atomic E-state index is 0.0469. The Morgan fingerprint density at radius 2 is 2.25 bits per heavy atom. The van der Waals surface area contributed by atoms with Crippen molar-refractivity contribution in [1.29, 1.82) is 0 Å². The molecule has 0 radical (unpaired) electrons. The van der Waals surface area contributed by atoms with Gasteiger partial charge in [0.1, 0.15) is 0 Å². The lowest BCUT2D eigenvalue weighted by atomic mass is 9.93. The van der Waals surface area contributed by atoms with Crippen molar-refractivity contribution < 1.29 is 4.79 Å². The van der Waals surface area contributed by atoms with Crippen LogP contribution in [0.2, 0.25) is 0 Å². The number of pyridine rings is 1. The molecule has 5 heteroatoms. The van der Waals surface area contributed by atoms with Crippen molar-refractivity contribution >= 4 is 11.6 Å². The van der Waals surface area contributed by atoms with Crippen LogP contribution in [0, 0.1) is 5.92 Å². The minimum Gasteiger partial charge on any atom is -0.323 e. The first-order valence-electron chi connectivity index (χ1n) is 6.75. The number of hydrogen-bond donors (Lipinski definition) is 1. The van der Waals surface area contributed by atoms with Crippen LogP contribution in [0.5, 0.6) is 0 Å². The number of rotatable bonds is 3. The molecule has 5 nitrogen and oxygen atoms in total. The molecule has 2 aromatic rings. The SMILES string of the molecule is O=C(Nc1cccnc1-n1cccn1)C1CC=CCC1. The highest BCUT2D eigenvalue weighted by Gasteiger charge is 2.20. The summed E-state index contributed by atoms with van der Waals surface area (Å²) in [5, 5.41) is 7.13. The fourth-order valence-corrected chi connectivity index (χ4v) is 2.34. The number of aromatic nitrogens is 3. The summed E-state index contributed by atoms with van der Waals surface area (Å²) in [6.45, 7) is 0. The second kappa shape index (κ2) is 5.69. The summed E-state index contributed by atoms with van der Waals surface area (Å²) in [6, 6.07) is 5.48. The van der Waals surface area contributed by atoms with Crippen LogP contribution < -0.4 is 5.32 Å². The van der Waals surface area contributed by atoms with Crippen molar-refractivity contribution in [1.82, 2.24) is 14.8 Å². The third kappa shape index (κ3) is 2.61. The third-order valence-electron chi connectivity index (χ3n) is 3.41. The van der Waals surface area contributed by atoms with Gasteiger partial charge in [0.25, 0.3) is 0 Å². The first-order chi connectivity index (χ1) is 9.84. The van der Waals surface area contributed by atoms with Crippen molar-refractivity contribution in [2.45, 2.75) is 19.3 Å². The molecule has 1 aliphatic carbocycles. The summed E-state index contributed by atoms with van der Waals surface area (Å²) in [5.74, 6) is 0.735. The van der Waals surface area contributed by atoms with E-state index in [0.717, 1.165) is 19.3 Å². The van der Waals surface area contributed by atoms with Gasteiger partial charge in [0.2, 0.25) is 5.91 Å². The summed E-state index contributed by atoms with van der Waals surface area (Å²) in [4.78, 5) is 16.6. The van der Waals surface area contributed by atoms with Gasteiger partial charge < -0.3 is 5.32 Å². The van der Waals surface area contributed by atoms with Gasteiger partial charge in [-0.1, -0.05) is 12.2 Å². The van der Waals surface area contributed by atoms with Gasteiger partial charge in [0.15, 0.2) is 5.82 Å². The maximum Gasteiger partial charge on any atom is 0.227 e. The van der Waals surface area contributed by atoms with Gasteiger partial charge in [0.05, 0.1) is 5.69 Å². The normalized spacial score (nSPS) is 17.9. The number of hydrogen-bond acceptors (Lipinski definition) is 3. The van der Waals surface area contributed by atoms with E-state index in [2.05, 4.69) is 27.6 Å². The van der Waals surface area contributed by atoms with E-state index in [9.17, 15) is 4.79 Å². The number of allylic oxidation sites excluding steroid dienone is 2. The average molecular weight is 268 g/mol. The average Bonchev–Trinajstić information content (AvgIpc) is 3.03. The van der Waals surface area contributed by atoms with E-state index in [1.807, 2.05) is 18.2 Å². The van der Waals surface area contributed by atoms with Crippen molar-refractivity contribution in [2.24, 2.45) is 5.92 Å². The molecule has 1 amide bonds. The lowest BCUT2D eigenvalue weighted by Crippen LogP contribution is -2.24. The van der Waals surface area contributed by atoms with Crippen LogP contribution in [0.25, 0.3) is 5.82 Å². The molecule has 1 N–H and O–H groups in total. The fourth-order valence-electron chi connectivity index (χ4n) is 2.34. The molecule has 1 unspecified atom stereocenters. The molecule has 0 aromatic carbocycles. The van der Waals surface area contributed by atoms with Crippen molar-refractivity contribution in [2.75, 3.05) is 5.32 Å². The van der Waals surface area contributed by atoms with E-state index in [1.165, 1.54) is 0 Å². The Hall–Kier alpha value is -2.43. The summed E-state index contributed by atoms with van der Waals surface area (Å²) in [6.07, 6.45) is 12.1. The van der Waals surface area contributed by atoms with Crippen LogP contribution in [-0.2, 0) is 4.79 Å². The summed E-state index contributed by atoms with van der Waals surface area (Å²) in [7, 11) is 0. The lowest BCUT2D eigenvalue weighted by molar-refractivity contribution is -0.120. The summed E-state index contributed by atoms with van der Waals surface area (Å²) >= 11 is 0. The number of nitrogens with zero attached hydrogens (tertiary/aromatic N) is 3. The van der Waals surface area contributed by atoms with Crippen LogP contribution in [0.3, 0.4) is 0 Å². The number of amides is 1. The van der Waals surface area contributed by atoms with Gasteiger partial charge in [-0.3, -0.25) is 4.79 Å². The number of anilines is 1. The van der Waals surface area contributed by atoms with E-state index in [0.29, 0.717) is 11.5 Å². The molecule has 0 fully saturated rings. The Bertz CT molecular complexity index is 619. The smallest absolute Gasteiger partial charge is 0.227 e. The van der Waals surface area contributed by atoms with Crippen LogP contribution in [0.1, 0.15) is 19.3 Å². The standard InChI is InChI=1S/C15H16N4O/c20-15(12-6-2-1-3-7-12)18-13-8-4-9-16-14(13)19-11-5-10-17-19/h1-2,4-5,8-12H,3,6-7H2,(H,18,20). The molecule has 0 spiro atoms. The van der Waals surface area contributed by atoms with Crippen LogP contribution in [0.4, 0.5) is 5.69 Å². The molecule has 0 saturated heterocycles. The van der Waals surface area contributed by atoms with Crippen molar-refractivity contribution in [3.63, 3.8) is 0 Å². The van der Waals surface area contributed by atoms with Gasteiger partial charge in [0, 0.05) is 24.5 Å². The zero-order valence-electron chi connectivity index (χ0n) is 11.1. The summed E-state index contributed by atoms with van der Waals surface area (Å²) < 4.78 is 1.65. The molecule has 3 rings (SSSR count). The van der Waals surface area contributed by atoms with Gasteiger partial charge in [-0.2, -0.15) is 5.10 Å². The highest BCUT2D eigenvalue weighted by molar-refractivity contribution is 5.94. The highest BCUT2D eigenvalue weighted by Crippen LogP contribution is 2.22. The van der Waals surface area contributed by atoms with Gasteiger partial charge in [-0.25, -0.2) is 9.67 Å². The number of nitrogens with one attached hydrogen (secondary N) is 1. The van der Waals surface area contributed by atoms with Crippen LogP contribution in [0.15, 0.2) is 48.9 Å². The molecule has 1 aliphatic rings. The van der Waals surface area contributed by atoms with Crippen molar-refractivity contribution in [3.8, 4) is 5.82 Å². The maximum absolute atomic E-state index is 12.3. The minimum atomic E-state index is 0.0469. The van der Waals surface area contributed by atoms with E-state index in [4.69, 9.17) is 0 Å². The molecule has 102 valence electrons. The first-order valence-corrected chi connectivity index (χ1v) is 6.75. The van der Waals surface area contributed by atoms with Crippen molar-refractivity contribution in [3.05, 3.63) is 48.9 Å². The molecule has 2 heterocycles. The van der Waals surface area contributed by atoms with E-state index in [1.54, 1.807) is 23.3 Å². The Morgan fingerprint density at radius 3 is 3.00 bits per heavy atom. The van der Waals surface area contributed by atoms with E-state index in [-0.39, 0.29) is 11.8 Å². The Kier molecular flexibility index (Phi) is 3.58. The quantitative estimate of drug-likeness (QED) is 0.870. The van der Waals surface area contributed by atoms with Crippen LogP contribution >= 0.6 is 0 Å². The predicted octanol–water partition coefficient (Wildman–Crippen LogP) is 2.56. The Morgan fingerprint density at radius 1 is 1.30 bits per heavy atom. The molecule has 1 atom stereocenters. The zero-order valence-corrected chi connectivity index (χ0v) is 11.1. The zero-order chi connectivity index (χ0) is 13.8. The second-order valence-electron chi connectivity index (χ2n) is 4.80. The summed E-state index contributed by atoms with van der Waals surface area (Å²) in [5.41, 5.74) is 0.691. The molecule has 2 aromatic heterocycles. The third-order valence-corrected chi connectivity index (χ3v) is 3.41. The largest absolute Gasteiger partial charge is 0.323 e. The predicted molar refractivity (Wildman–Crippen MR) is 76.5 cm³/mol. The molecule has 0 saturated carbocycles. The second-order valence-corrected chi connectivity index (χ2v) is 4.80. The van der Waals surface area contributed by atoms with Crippen LogP contribution in [-0.4, -0.2) is 20.7 Å². The first kappa shape index (κ1) is 12.6. The lowest BCUT2D eigenvalue weighted by Gasteiger charge is -2.18. The molecule has 0 aliphatic heterocycles. The van der Waals surface area contributed by atoms with E-state index < -0.39 is 0 Å². The Labute approximate surface area is 117 Å². The van der Waals surface area contributed by atoms with E-state index >= 15 is 0 Å². The molecule has 20 heavy (non-hydrogen) atoms. The monoisotopic (exact) mass is 268 g/mol. The molecular formula is C15H16N4O. The molecule has 0 bridgehead atoms. The Balaban J connectivity index is 1.81. The number of carbonyl (C=O) groups is 1. The maximum atomic E-state index is 12.3. The van der Waals surface area contributed by atoms with Gasteiger partial charge in [-0.05, 0) is 37.5 Å². The number of carbonyl (C=O) groups excluding carboxylic acids is 1.